The van der Waals surface area contributed by atoms with E-state index in [-0.39, 0.29) is 5.75 Å². The van der Waals surface area contributed by atoms with Gasteiger partial charge in [0.2, 0.25) is 0 Å². The Kier molecular flexibility index (Phi) is 5.25. The molecule has 0 heterocycles. The summed E-state index contributed by atoms with van der Waals surface area (Å²) in [7, 11) is 0. The zero-order valence-electron chi connectivity index (χ0n) is 11.4. The van der Waals surface area contributed by atoms with Crippen molar-refractivity contribution in [3.8, 4) is 5.75 Å². The lowest BCUT2D eigenvalue weighted by Crippen LogP contribution is -2.36. The van der Waals surface area contributed by atoms with Crippen LogP contribution < -0.4 is 0 Å². The summed E-state index contributed by atoms with van der Waals surface area (Å²) in [4.78, 5) is 11.5. The van der Waals surface area contributed by atoms with Crippen LogP contribution in [0.25, 0.3) is 0 Å². The number of carboxylic acids is 1. The standard InChI is InChI=1S/C16H17NO3S/c18-14-8-6-12(7-9-14)10-15(16(19)20)17(21)11-13-4-2-1-3-5-13/h1-9,15,18,21H,10-11H2,(H,19,20)/t15-/m1/s1. The second kappa shape index (κ2) is 7.15. The van der Waals surface area contributed by atoms with Crippen LogP contribution in [0.5, 0.6) is 5.75 Å². The van der Waals surface area contributed by atoms with Crippen LogP contribution in [-0.2, 0) is 17.8 Å². The summed E-state index contributed by atoms with van der Waals surface area (Å²) in [5.74, 6) is -0.758. The number of rotatable bonds is 6. The average molecular weight is 303 g/mol. The third-order valence-electron chi connectivity index (χ3n) is 3.20. The first kappa shape index (κ1) is 15.4. The predicted molar refractivity (Wildman–Crippen MR) is 84.2 cm³/mol. The molecule has 0 unspecified atom stereocenters. The fraction of sp³-hybridized carbons (Fsp3) is 0.188. The molecule has 4 nitrogen and oxygen atoms in total. The lowest BCUT2D eigenvalue weighted by molar-refractivity contribution is -0.141. The second-order valence-corrected chi connectivity index (χ2v) is 5.32. The Balaban J connectivity index is 2.07. The Bertz CT molecular complexity index is 586. The SMILES string of the molecule is O=C(O)[C@@H](Cc1ccc(O)cc1)N(S)Cc1ccccc1. The van der Waals surface area contributed by atoms with Crippen molar-refractivity contribution in [3.05, 3.63) is 65.7 Å². The summed E-state index contributed by atoms with van der Waals surface area (Å²) >= 11 is 4.33. The molecule has 0 saturated carbocycles. The van der Waals surface area contributed by atoms with Gasteiger partial charge in [-0.25, -0.2) is 4.31 Å². The molecule has 2 N–H and O–H groups in total. The largest absolute Gasteiger partial charge is 0.508 e. The summed E-state index contributed by atoms with van der Waals surface area (Å²) in [6.07, 6.45) is 0.325. The minimum Gasteiger partial charge on any atom is -0.508 e. The first-order valence-electron chi connectivity index (χ1n) is 6.56. The number of carbonyl (C=O) groups is 1. The minimum atomic E-state index is -0.922. The number of phenols is 1. The van der Waals surface area contributed by atoms with E-state index >= 15 is 0 Å². The molecule has 0 fully saturated rings. The van der Waals surface area contributed by atoms with E-state index in [0.717, 1.165) is 11.1 Å². The third-order valence-corrected chi connectivity index (χ3v) is 3.62. The number of aliphatic carboxylic acids is 1. The third kappa shape index (κ3) is 4.51. The summed E-state index contributed by atoms with van der Waals surface area (Å²) < 4.78 is 1.52. The Morgan fingerprint density at radius 2 is 1.67 bits per heavy atom. The van der Waals surface area contributed by atoms with E-state index < -0.39 is 12.0 Å². The number of hydrogen-bond donors (Lipinski definition) is 3. The molecule has 0 aliphatic carbocycles. The van der Waals surface area contributed by atoms with Crippen molar-refractivity contribution in [2.75, 3.05) is 0 Å². The van der Waals surface area contributed by atoms with Crippen LogP contribution in [0.1, 0.15) is 11.1 Å². The Hall–Kier alpha value is -1.98. The van der Waals surface area contributed by atoms with Gasteiger partial charge in [0.1, 0.15) is 11.8 Å². The van der Waals surface area contributed by atoms with Gasteiger partial charge in [0.15, 0.2) is 0 Å². The molecule has 0 radical (unpaired) electrons. The number of phenolic OH excluding ortho intramolecular Hbond substituents is 1. The molecular weight excluding hydrogens is 286 g/mol. The molecule has 2 rings (SSSR count). The van der Waals surface area contributed by atoms with Crippen LogP contribution in [0.3, 0.4) is 0 Å². The van der Waals surface area contributed by atoms with Crippen molar-refractivity contribution in [1.82, 2.24) is 4.31 Å². The molecule has 5 heteroatoms. The number of benzene rings is 2. The van der Waals surface area contributed by atoms with Crippen molar-refractivity contribution < 1.29 is 15.0 Å². The lowest BCUT2D eigenvalue weighted by atomic mass is 10.1. The van der Waals surface area contributed by atoms with Gasteiger partial charge in [0.05, 0.1) is 0 Å². The van der Waals surface area contributed by atoms with E-state index in [1.807, 2.05) is 30.3 Å². The monoisotopic (exact) mass is 303 g/mol. The molecule has 0 saturated heterocycles. The molecule has 2 aromatic carbocycles. The van der Waals surface area contributed by atoms with Crippen LogP contribution in [-0.4, -0.2) is 26.5 Å². The number of aromatic hydroxyl groups is 1. The van der Waals surface area contributed by atoms with Crippen LogP contribution >= 0.6 is 12.8 Å². The van der Waals surface area contributed by atoms with Gasteiger partial charge < -0.3 is 10.2 Å². The van der Waals surface area contributed by atoms with Crippen molar-refractivity contribution >= 4 is 18.8 Å². The highest BCUT2D eigenvalue weighted by Crippen LogP contribution is 2.17. The molecule has 1 atom stereocenters. The van der Waals surface area contributed by atoms with E-state index in [9.17, 15) is 15.0 Å². The topological polar surface area (TPSA) is 60.8 Å². The highest BCUT2D eigenvalue weighted by Gasteiger charge is 2.24. The minimum absolute atomic E-state index is 0.164. The van der Waals surface area contributed by atoms with Crippen LogP contribution in [0.4, 0.5) is 0 Å². The van der Waals surface area contributed by atoms with Gasteiger partial charge >= 0.3 is 5.97 Å². The van der Waals surface area contributed by atoms with Crippen molar-refractivity contribution in [1.29, 1.82) is 0 Å². The molecule has 0 amide bonds. The van der Waals surface area contributed by atoms with Gasteiger partial charge in [0, 0.05) is 6.54 Å². The normalized spacial score (nSPS) is 12.3. The molecule has 0 bridgehead atoms. The van der Waals surface area contributed by atoms with Crippen LogP contribution in [0.15, 0.2) is 54.6 Å². The molecule has 0 aliphatic rings. The fourth-order valence-electron chi connectivity index (χ4n) is 2.06. The van der Waals surface area contributed by atoms with E-state index in [2.05, 4.69) is 12.8 Å². The summed E-state index contributed by atoms with van der Waals surface area (Å²) in [5.41, 5.74) is 1.84. The van der Waals surface area contributed by atoms with Crippen molar-refractivity contribution in [2.45, 2.75) is 19.0 Å². The van der Waals surface area contributed by atoms with E-state index in [0.29, 0.717) is 13.0 Å². The molecule has 110 valence electrons. The predicted octanol–water partition coefficient (Wildman–Crippen LogP) is 2.73. The van der Waals surface area contributed by atoms with Crippen LogP contribution in [0.2, 0.25) is 0 Å². The van der Waals surface area contributed by atoms with Gasteiger partial charge in [-0.2, -0.15) is 0 Å². The zero-order chi connectivity index (χ0) is 15.2. The maximum Gasteiger partial charge on any atom is 0.322 e. The Morgan fingerprint density at radius 3 is 2.24 bits per heavy atom. The highest BCUT2D eigenvalue weighted by atomic mass is 32.1. The Morgan fingerprint density at radius 1 is 1.05 bits per heavy atom. The van der Waals surface area contributed by atoms with Gasteiger partial charge in [-0.1, -0.05) is 55.3 Å². The van der Waals surface area contributed by atoms with Crippen molar-refractivity contribution in [2.24, 2.45) is 0 Å². The molecule has 0 spiro atoms. The molecule has 0 aromatic heterocycles. The maximum atomic E-state index is 11.5. The van der Waals surface area contributed by atoms with Gasteiger partial charge in [-0.15, -0.1) is 0 Å². The summed E-state index contributed by atoms with van der Waals surface area (Å²) in [5, 5.41) is 18.7. The zero-order valence-corrected chi connectivity index (χ0v) is 12.3. The number of nitrogens with zero attached hydrogens (tertiary/aromatic N) is 1. The maximum absolute atomic E-state index is 11.5. The number of hydrogen-bond acceptors (Lipinski definition) is 4. The fourth-order valence-corrected chi connectivity index (χ4v) is 2.40. The molecule has 0 aliphatic heterocycles. The first-order valence-corrected chi connectivity index (χ1v) is 6.96. The number of thiol groups is 1. The van der Waals surface area contributed by atoms with E-state index in [1.54, 1.807) is 24.3 Å². The van der Waals surface area contributed by atoms with E-state index in [1.165, 1.54) is 4.31 Å². The lowest BCUT2D eigenvalue weighted by Gasteiger charge is -2.23. The highest BCUT2D eigenvalue weighted by molar-refractivity contribution is 7.77. The molecular formula is C16H17NO3S. The molecule has 21 heavy (non-hydrogen) atoms. The average Bonchev–Trinajstić information content (AvgIpc) is 2.47. The quantitative estimate of drug-likeness (QED) is 0.718. The smallest absolute Gasteiger partial charge is 0.322 e. The molecule has 2 aromatic rings. The second-order valence-electron chi connectivity index (χ2n) is 4.81. The summed E-state index contributed by atoms with van der Waals surface area (Å²) in [6, 6.07) is 15.4. The first-order chi connectivity index (χ1) is 10.1. The van der Waals surface area contributed by atoms with Gasteiger partial charge in [0.25, 0.3) is 0 Å². The van der Waals surface area contributed by atoms with E-state index in [4.69, 9.17) is 0 Å². The number of carboxylic acid groups (broad SMARTS) is 1. The van der Waals surface area contributed by atoms with Gasteiger partial charge in [-0.3, -0.25) is 4.79 Å². The Labute approximate surface area is 129 Å². The summed E-state index contributed by atoms with van der Waals surface area (Å²) in [6.45, 7) is 0.443. The van der Waals surface area contributed by atoms with Crippen LogP contribution in [0, 0.1) is 0 Å². The van der Waals surface area contributed by atoms with Gasteiger partial charge in [-0.05, 0) is 29.7 Å². The van der Waals surface area contributed by atoms with Crippen molar-refractivity contribution in [3.63, 3.8) is 0 Å².